The number of carbonyl (C=O) groups is 1. The molecule has 1 aromatic carbocycles. The van der Waals surface area contributed by atoms with Gasteiger partial charge in [-0.25, -0.2) is 8.42 Å². The molecular weight excluding hydrogens is 370 g/mol. The molecule has 0 saturated heterocycles. The molecule has 1 amide bonds. The van der Waals surface area contributed by atoms with Gasteiger partial charge in [-0.05, 0) is 65.3 Å². The third-order valence-electron chi connectivity index (χ3n) is 4.30. The molecule has 0 radical (unpaired) electrons. The second-order valence-electron chi connectivity index (χ2n) is 6.32. The number of amides is 1. The van der Waals surface area contributed by atoms with E-state index in [1.54, 1.807) is 35.6 Å². The van der Waals surface area contributed by atoms with Gasteiger partial charge in [0.2, 0.25) is 5.91 Å². The lowest BCUT2D eigenvalue weighted by Crippen LogP contribution is -2.26. The smallest absolute Gasteiger partial charge is 0.220 e. The van der Waals surface area contributed by atoms with Crippen LogP contribution in [0.5, 0.6) is 0 Å². The first kappa shape index (κ1) is 20.6. The van der Waals surface area contributed by atoms with Gasteiger partial charge in [0.05, 0.1) is 4.90 Å². The van der Waals surface area contributed by atoms with E-state index in [1.807, 2.05) is 5.38 Å². The second-order valence-corrected chi connectivity index (χ2v) is 9.12. The number of sulfone groups is 1. The lowest BCUT2D eigenvalue weighted by molar-refractivity contribution is -0.121. The number of nitrogens with one attached hydrogen (secondary N) is 1. The van der Waals surface area contributed by atoms with Crippen LogP contribution in [-0.2, 0) is 21.1 Å². The van der Waals surface area contributed by atoms with Gasteiger partial charge in [-0.1, -0.05) is 12.1 Å². The molecule has 5 nitrogen and oxygen atoms in total. The third-order valence-corrected chi connectivity index (χ3v) is 6.13. The van der Waals surface area contributed by atoms with Gasteiger partial charge in [0, 0.05) is 25.8 Å². The fourth-order valence-electron chi connectivity index (χ4n) is 2.78. The molecule has 26 heavy (non-hydrogen) atoms. The van der Waals surface area contributed by atoms with Gasteiger partial charge in [0.1, 0.15) is 0 Å². The summed E-state index contributed by atoms with van der Waals surface area (Å²) in [7, 11) is -3.19. The molecule has 0 saturated carbocycles. The summed E-state index contributed by atoms with van der Waals surface area (Å²) in [6.45, 7) is 0.713. The van der Waals surface area contributed by atoms with E-state index in [1.165, 1.54) is 11.8 Å². The van der Waals surface area contributed by atoms with Crippen LogP contribution in [0.25, 0.3) is 0 Å². The average molecular weight is 396 g/mol. The van der Waals surface area contributed by atoms with Crippen LogP contribution in [0.15, 0.2) is 46.0 Å². The summed E-state index contributed by atoms with van der Waals surface area (Å²) in [6, 6.07) is 8.70. The van der Waals surface area contributed by atoms with E-state index < -0.39 is 9.84 Å². The quantitative estimate of drug-likeness (QED) is 0.648. The highest BCUT2D eigenvalue weighted by atomic mass is 32.2. The minimum atomic E-state index is -3.19. The molecule has 0 spiro atoms. The molecule has 0 aliphatic carbocycles. The standard InChI is InChI=1S/C19H25NO4S2/c1-26(23,24)18-5-2-15(3-6-18)4-7-19(22)20-11-8-16(9-12-21)17-10-13-25-14-17/h2-3,5-6,10,13-14,16,21H,4,7-9,11-12H2,1H3,(H,20,22). The Hall–Kier alpha value is -1.70. The highest BCUT2D eigenvalue weighted by Gasteiger charge is 2.12. The highest BCUT2D eigenvalue weighted by molar-refractivity contribution is 7.90. The molecule has 0 fully saturated rings. The molecule has 1 unspecified atom stereocenters. The topological polar surface area (TPSA) is 83.5 Å². The number of benzene rings is 1. The van der Waals surface area contributed by atoms with Gasteiger partial charge in [0.25, 0.3) is 0 Å². The van der Waals surface area contributed by atoms with Crippen molar-refractivity contribution in [3.63, 3.8) is 0 Å². The Balaban J connectivity index is 1.75. The van der Waals surface area contributed by atoms with E-state index in [4.69, 9.17) is 0 Å². The molecule has 7 heteroatoms. The first-order valence-electron chi connectivity index (χ1n) is 8.59. The van der Waals surface area contributed by atoms with E-state index in [0.29, 0.717) is 25.8 Å². The second kappa shape index (κ2) is 9.85. The van der Waals surface area contributed by atoms with Gasteiger partial charge < -0.3 is 10.4 Å². The molecule has 0 bridgehead atoms. The Labute approximate surface area is 159 Å². The number of rotatable bonds is 10. The zero-order chi connectivity index (χ0) is 19.0. The molecule has 1 aromatic heterocycles. The molecule has 2 rings (SSSR count). The van der Waals surface area contributed by atoms with E-state index >= 15 is 0 Å². The number of aliphatic hydroxyl groups excluding tert-OH is 1. The van der Waals surface area contributed by atoms with Crippen LogP contribution >= 0.6 is 11.3 Å². The highest BCUT2D eigenvalue weighted by Crippen LogP contribution is 2.24. The van der Waals surface area contributed by atoms with Crippen molar-refractivity contribution in [1.29, 1.82) is 0 Å². The molecule has 2 aromatic rings. The van der Waals surface area contributed by atoms with E-state index in [0.717, 1.165) is 12.0 Å². The molecule has 2 N–H and O–H groups in total. The minimum Gasteiger partial charge on any atom is -0.396 e. The normalized spacial score (nSPS) is 12.7. The van der Waals surface area contributed by atoms with Crippen molar-refractivity contribution in [2.75, 3.05) is 19.4 Å². The Morgan fingerprint density at radius 2 is 1.92 bits per heavy atom. The summed E-state index contributed by atoms with van der Waals surface area (Å²) >= 11 is 1.64. The average Bonchev–Trinajstić information content (AvgIpc) is 3.13. The van der Waals surface area contributed by atoms with E-state index in [9.17, 15) is 18.3 Å². The maximum Gasteiger partial charge on any atom is 0.220 e. The van der Waals surface area contributed by atoms with Crippen molar-refractivity contribution in [3.05, 3.63) is 52.2 Å². The maximum atomic E-state index is 12.0. The lowest BCUT2D eigenvalue weighted by atomic mass is 9.95. The molecule has 0 aliphatic rings. The van der Waals surface area contributed by atoms with Gasteiger partial charge in [-0.15, -0.1) is 0 Å². The van der Waals surface area contributed by atoms with Crippen LogP contribution in [0.1, 0.15) is 36.3 Å². The molecule has 0 aliphatic heterocycles. The number of thiophene rings is 1. The Morgan fingerprint density at radius 1 is 1.19 bits per heavy atom. The van der Waals surface area contributed by atoms with Crippen LogP contribution in [-0.4, -0.2) is 38.8 Å². The minimum absolute atomic E-state index is 0.0229. The summed E-state index contributed by atoms with van der Waals surface area (Å²) in [5.74, 6) is 0.236. The van der Waals surface area contributed by atoms with Crippen molar-refractivity contribution in [1.82, 2.24) is 5.32 Å². The van der Waals surface area contributed by atoms with Crippen LogP contribution in [0, 0.1) is 0 Å². The number of hydrogen-bond donors (Lipinski definition) is 2. The fourth-order valence-corrected chi connectivity index (χ4v) is 4.15. The Kier molecular flexibility index (Phi) is 7.81. The Morgan fingerprint density at radius 3 is 2.50 bits per heavy atom. The predicted octanol–water partition coefficient (Wildman–Crippen LogP) is 2.76. The summed E-state index contributed by atoms with van der Waals surface area (Å²) in [6.07, 6.45) is 3.60. The van der Waals surface area contributed by atoms with Crippen LogP contribution < -0.4 is 5.32 Å². The summed E-state index contributed by atoms with van der Waals surface area (Å²) in [5.41, 5.74) is 2.15. The monoisotopic (exact) mass is 395 g/mol. The molecular formula is C19H25NO4S2. The van der Waals surface area contributed by atoms with Crippen LogP contribution in [0.3, 0.4) is 0 Å². The van der Waals surface area contributed by atoms with Gasteiger partial charge >= 0.3 is 0 Å². The summed E-state index contributed by atoms with van der Waals surface area (Å²) < 4.78 is 22.9. The molecule has 1 atom stereocenters. The van der Waals surface area contributed by atoms with Crippen molar-refractivity contribution < 1.29 is 18.3 Å². The largest absolute Gasteiger partial charge is 0.396 e. The zero-order valence-electron chi connectivity index (χ0n) is 14.8. The van der Waals surface area contributed by atoms with Crippen LogP contribution in [0.2, 0.25) is 0 Å². The first-order chi connectivity index (χ1) is 12.4. The Bertz CT molecular complexity index is 783. The van der Waals surface area contributed by atoms with E-state index in [-0.39, 0.29) is 23.3 Å². The number of aryl methyl sites for hydroxylation is 1. The van der Waals surface area contributed by atoms with E-state index in [2.05, 4.69) is 16.8 Å². The van der Waals surface area contributed by atoms with Crippen LogP contribution in [0.4, 0.5) is 0 Å². The fraction of sp³-hybridized carbons (Fsp3) is 0.421. The predicted molar refractivity (Wildman–Crippen MR) is 104 cm³/mol. The third kappa shape index (κ3) is 6.55. The summed E-state index contributed by atoms with van der Waals surface area (Å²) in [4.78, 5) is 12.3. The summed E-state index contributed by atoms with van der Waals surface area (Å²) in [5, 5.41) is 16.2. The van der Waals surface area contributed by atoms with Gasteiger partial charge in [0.15, 0.2) is 9.84 Å². The SMILES string of the molecule is CS(=O)(=O)c1ccc(CCC(=O)NCCC(CCO)c2ccsc2)cc1. The van der Waals surface area contributed by atoms with Crippen molar-refractivity contribution in [2.24, 2.45) is 0 Å². The number of carbonyl (C=O) groups excluding carboxylic acids is 1. The first-order valence-corrected chi connectivity index (χ1v) is 11.4. The lowest BCUT2D eigenvalue weighted by Gasteiger charge is -2.15. The number of hydrogen-bond acceptors (Lipinski definition) is 5. The van der Waals surface area contributed by atoms with Crippen molar-refractivity contribution in [2.45, 2.75) is 36.5 Å². The van der Waals surface area contributed by atoms with Gasteiger partial charge in [-0.2, -0.15) is 11.3 Å². The van der Waals surface area contributed by atoms with Gasteiger partial charge in [-0.3, -0.25) is 4.79 Å². The zero-order valence-corrected chi connectivity index (χ0v) is 16.5. The van der Waals surface area contributed by atoms with Crippen molar-refractivity contribution in [3.8, 4) is 0 Å². The molecule has 142 valence electrons. The van der Waals surface area contributed by atoms with Crippen molar-refractivity contribution >= 4 is 27.1 Å². The number of aliphatic hydroxyl groups is 1. The molecule has 1 heterocycles. The maximum absolute atomic E-state index is 12.0.